The van der Waals surface area contributed by atoms with Gasteiger partial charge in [-0.15, -0.1) is 0 Å². The minimum absolute atomic E-state index is 0.257. The fourth-order valence-corrected chi connectivity index (χ4v) is 2.40. The van der Waals surface area contributed by atoms with E-state index in [0.717, 1.165) is 23.1 Å². The number of aromatic nitrogens is 1. The lowest BCUT2D eigenvalue weighted by Gasteiger charge is -2.23. The van der Waals surface area contributed by atoms with Crippen LogP contribution in [-0.2, 0) is 0 Å². The van der Waals surface area contributed by atoms with E-state index in [1.807, 2.05) is 18.3 Å². The molecule has 1 aliphatic carbocycles. The molecule has 1 saturated carbocycles. The highest BCUT2D eigenvalue weighted by Gasteiger charge is 2.20. The Kier molecular flexibility index (Phi) is 4.18. The first-order valence-electron chi connectivity index (χ1n) is 5.89. The molecule has 1 aromatic heterocycles. The van der Waals surface area contributed by atoms with Crippen LogP contribution in [-0.4, -0.2) is 17.1 Å². The highest BCUT2D eigenvalue weighted by atomic mass is 79.9. The number of hydrogen-bond donors (Lipinski definition) is 2. The number of pyridine rings is 1. The molecule has 1 fully saturated rings. The summed E-state index contributed by atoms with van der Waals surface area (Å²) in [5, 5.41) is 3.44. The third-order valence-electron chi connectivity index (χ3n) is 3.13. The largest absolute Gasteiger partial charge is 0.366 e. The summed E-state index contributed by atoms with van der Waals surface area (Å²) in [4.78, 5) is 4.32. The van der Waals surface area contributed by atoms with Gasteiger partial charge in [-0.25, -0.2) is 4.98 Å². The lowest BCUT2D eigenvalue weighted by atomic mass is 10.0. The summed E-state index contributed by atoms with van der Waals surface area (Å²) in [6.07, 6.45) is 7.91. The van der Waals surface area contributed by atoms with Crippen molar-refractivity contribution in [1.82, 2.24) is 4.98 Å². The van der Waals surface area contributed by atoms with Crippen LogP contribution in [0.4, 0.5) is 5.82 Å². The number of rotatable bonds is 2. The van der Waals surface area contributed by atoms with Gasteiger partial charge in [-0.05, 0) is 40.9 Å². The highest BCUT2D eigenvalue weighted by molar-refractivity contribution is 9.10. The summed E-state index contributed by atoms with van der Waals surface area (Å²) in [5.74, 6) is 0.922. The molecular weight excluding hydrogens is 266 g/mol. The predicted molar refractivity (Wildman–Crippen MR) is 70.4 cm³/mol. The van der Waals surface area contributed by atoms with Crippen LogP contribution in [0.25, 0.3) is 0 Å². The Labute approximate surface area is 105 Å². The fourth-order valence-electron chi connectivity index (χ4n) is 2.17. The second-order valence-electron chi connectivity index (χ2n) is 4.41. The Balaban J connectivity index is 1.99. The van der Waals surface area contributed by atoms with Crippen molar-refractivity contribution in [3.05, 3.63) is 22.8 Å². The number of nitrogens with one attached hydrogen (secondary N) is 1. The highest BCUT2D eigenvalue weighted by Crippen LogP contribution is 2.20. The van der Waals surface area contributed by atoms with Gasteiger partial charge in [0.25, 0.3) is 0 Å². The standard InChI is InChI=1S/C12H18BrN3/c13-9-6-7-12(15-8-9)16-11-5-3-1-2-4-10(11)14/h6-8,10-11H,1-5,14H2,(H,15,16). The lowest BCUT2D eigenvalue weighted by Crippen LogP contribution is -2.39. The Morgan fingerprint density at radius 3 is 2.81 bits per heavy atom. The van der Waals surface area contributed by atoms with E-state index in [9.17, 15) is 0 Å². The lowest BCUT2D eigenvalue weighted by molar-refractivity contribution is 0.527. The van der Waals surface area contributed by atoms with Gasteiger partial charge >= 0.3 is 0 Å². The zero-order valence-electron chi connectivity index (χ0n) is 9.32. The monoisotopic (exact) mass is 283 g/mol. The third kappa shape index (κ3) is 3.19. The maximum atomic E-state index is 6.16. The van der Waals surface area contributed by atoms with Crippen LogP contribution in [0.5, 0.6) is 0 Å². The minimum Gasteiger partial charge on any atom is -0.366 e. The molecule has 4 heteroatoms. The van der Waals surface area contributed by atoms with E-state index in [-0.39, 0.29) is 6.04 Å². The van der Waals surface area contributed by atoms with Crippen LogP contribution in [0.2, 0.25) is 0 Å². The average Bonchev–Trinajstić information content (AvgIpc) is 2.48. The number of nitrogens with zero attached hydrogens (tertiary/aromatic N) is 1. The van der Waals surface area contributed by atoms with Gasteiger partial charge in [-0.1, -0.05) is 19.3 Å². The second-order valence-corrected chi connectivity index (χ2v) is 5.33. The summed E-state index contributed by atoms with van der Waals surface area (Å²) in [6, 6.07) is 4.61. The quantitative estimate of drug-likeness (QED) is 0.821. The molecule has 3 nitrogen and oxygen atoms in total. The van der Waals surface area contributed by atoms with Gasteiger partial charge in [0.15, 0.2) is 0 Å². The molecule has 2 atom stereocenters. The molecular formula is C12H18BrN3. The molecule has 16 heavy (non-hydrogen) atoms. The van der Waals surface area contributed by atoms with Crippen LogP contribution in [0.3, 0.4) is 0 Å². The zero-order valence-corrected chi connectivity index (χ0v) is 10.9. The molecule has 0 amide bonds. The summed E-state index contributed by atoms with van der Waals surface area (Å²) in [7, 11) is 0. The molecule has 1 aliphatic rings. The molecule has 0 spiro atoms. The van der Waals surface area contributed by atoms with Crippen LogP contribution in [0.15, 0.2) is 22.8 Å². The SMILES string of the molecule is NC1CCCCCC1Nc1ccc(Br)cn1. The van der Waals surface area contributed by atoms with Crippen LogP contribution in [0.1, 0.15) is 32.1 Å². The van der Waals surface area contributed by atoms with Crippen LogP contribution >= 0.6 is 15.9 Å². The maximum absolute atomic E-state index is 6.16. The first kappa shape index (κ1) is 11.9. The van der Waals surface area contributed by atoms with Gasteiger partial charge in [0.05, 0.1) is 0 Å². The third-order valence-corrected chi connectivity index (χ3v) is 3.60. The van der Waals surface area contributed by atoms with Gasteiger partial charge < -0.3 is 11.1 Å². The van der Waals surface area contributed by atoms with Gasteiger partial charge in [-0.3, -0.25) is 0 Å². The van der Waals surface area contributed by atoms with Gasteiger partial charge in [0, 0.05) is 22.8 Å². The molecule has 0 saturated heterocycles. The van der Waals surface area contributed by atoms with E-state index < -0.39 is 0 Å². The van der Waals surface area contributed by atoms with E-state index >= 15 is 0 Å². The van der Waals surface area contributed by atoms with E-state index in [1.54, 1.807) is 0 Å². The molecule has 3 N–H and O–H groups in total. The number of hydrogen-bond acceptors (Lipinski definition) is 3. The van der Waals surface area contributed by atoms with Crippen LogP contribution < -0.4 is 11.1 Å². The molecule has 2 rings (SSSR count). The first-order valence-corrected chi connectivity index (χ1v) is 6.68. The molecule has 2 unspecified atom stereocenters. The van der Waals surface area contributed by atoms with Gasteiger partial charge in [-0.2, -0.15) is 0 Å². The maximum Gasteiger partial charge on any atom is 0.126 e. The topological polar surface area (TPSA) is 50.9 Å². The Morgan fingerprint density at radius 1 is 1.25 bits per heavy atom. The van der Waals surface area contributed by atoms with Crippen molar-refractivity contribution in [3.63, 3.8) is 0 Å². The van der Waals surface area contributed by atoms with Gasteiger partial charge in [0.2, 0.25) is 0 Å². The number of anilines is 1. The number of nitrogens with two attached hydrogens (primary N) is 1. The number of halogens is 1. The van der Waals surface area contributed by atoms with Crippen molar-refractivity contribution in [2.75, 3.05) is 5.32 Å². The van der Waals surface area contributed by atoms with E-state index in [1.165, 1.54) is 19.3 Å². The fraction of sp³-hybridized carbons (Fsp3) is 0.583. The van der Waals surface area contributed by atoms with Gasteiger partial charge in [0.1, 0.15) is 5.82 Å². The Hall–Kier alpha value is -0.610. The van der Waals surface area contributed by atoms with Crippen molar-refractivity contribution < 1.29 is 0 Å². The molecule has 0 bridgehead atoms. The Morgan fingerprint density at radius 2 is 2.06 bits per heavy atom. The molecule has 0 radical (unpaired) electrons. The smallest absolute Gasteiger partial charge is 0.126 e. The van der Waals surface area contributed by atoms with E-state index in [2.05, 4.69) is 26.2 Å². The summed E-state index contributed by atoms with van der Waals surface area (Å²) < 4.78 is 1.00. The molecule has 0 aliphatic heterocycles. The van der Waals surface area contributed by atoms with Crippen molar-refractivity contribution in [1.29, 1.82) is 0 Å². The molecule has 88 valence electrons. The Bertz CT molecular complexity index is 326. The van der Waals surface area contributed by atoms with Crippen molar-refractivity contribution in [2.24, 2.45) is 5.73 Å². The van der Waals surface area contributed by atoms with Crippen LogP contribution in [0, 0.1) is 0 Å². The molecule has 0 aromatic carbocycles. The minimum atomic E-state index is 0.257. The second kappa shape index (κ2) is 5.64. The van der Waals surface area contributed by atoms with Crippen molar-refractivity contribution >= 4 is 21.7 Å². The predicted octanol–water partition coefficient (Wildman–Crippen LogP) is 2.92. The van der Waals surface area contributed by atoms with E-state index in [4.69, 9.17) is 5.73 Å². The van der Waals surface area contributed by atoms with Crippen molar-refractivity contribution in [2.45, 2.75) is 44.2 Å². The average molecular weight is 284 g/mol. The van der Waals surface area contributed by atoms with E-state index in [0.29, 0.717) is 6.04 Å². The normalized spacial score (nSPS) is 26.1. The summed E-state index contributed by atoms with van der Waals surface area (Å²) >= 11 is 3.38. The molecule has 1 heterocycles. The summed E-state index contributed by atoms with van der Waals surface area (Å²) in [6.45, 7) is 0. The first-order chi connectivity index (χ1) is 7.75. The zero-order chi connectivity index (χ0) is 11.4. The molecule has 1 aromatic rings. The van der Waals surface area contributed by atoms with Crippen molar-refractivity contribution in [3.8, 4) is 0 Å². The summed E-state index contributed by atoms with van der Waals surface area (Å²) in [5.41, 5.74) is 6.16.